The molecule has 2 aromatic heterocycles. The summed E-state index contributed by atoms with van der Waals surface area (Å²) < 4.78 is 0. The van der Waals surface area contributed by atoms with Gasteiger partial charge >= 0.3 is 0 Å². The minimum absolute atomic E-state index is 0.0872. The second-order valence-corrected chi connectivity index (χ2v) is 6.49. The number of pyridine rings is 1. The smallest absolute Gasteiger partial charge is 0.272 e. The van der Waals surface area contributed by atoms with E-state index in [1.54, 1.807) is 31.6 Å². The molecule has 4 nitrogen and oxygen atoms in total. The Morgan fingerprint density at radius 3 is 2.67 bits per heavy atom. The second kappa shape index (κ2) is 6.72. The van der Waals surface area contributed by atoms with Crippen LogP contribution in [0.25, 0.3) is 0 Å². The number of anilines is 1. The highest BCUT2D eigenvalue weighted by molar-refractivity contribution is 7.10. The molecular weight excluding hydrogens is 282 g/mol. The van der Waals surface area contributed by atoms with Crippen LogP contribution < -0.4 is 5.32 Å². The number of nitrogens with zero attached hydrogens (tertiary/aromatic N) is 2. The summed E-state index contributed by atoms with van der Waals surface area (Å²) in [7, 11) is 3.46. The van der Waals surface area contributed by atoms with Gasteiger partial charge in [-0.25, -0.2) is 0 Å². The van der Waals surface area contributed by atoms with Crippen molar-refractivity contribution in [3.05, 3.63) is 46.4 Å². The fraction of sp³-hybridized carbons (Fsp3) is 0.375. The normalized spacial score (nSPS) is 12.2. The lowest BCUT2D eigenvalue weighted by molar-refractivity contribution is 0.0822. The van der Waals surface area contributed by atoms with Gasteiger partial charge in [-0.15, -0.1) is 11.3 Å². The van der Waals surface area contributed by atoms with Crippen molar-refractivity contribution in [3.8, 4) is 0 Å². The van der Waals surface area contributed by atoms with Crippen LogP contribution in [0.1, 0.15) is 35.3 Å². The molecule has 1 unspecified atom stereocenters. The fourth-order valence-electron chi connectivity index (χ4n) is 2.08. The van der Waals surface area contributed by atoms with E-state index in [0.717, 1.165) is 5.69 Å². The van der Waals surface area contributed by atoms with Crippen molar-refractivity contribution in [1.82, 2.24) is 9.88 Å². The lowest BCUT2D eigenvalue weighted by atomic mass is 10.0. The van der Waals surface area contributed by atoms with E-state index < -0.39 is 0 Å². The van der Waals surface area contributed by atoms with E-state index in [0.29, 0.717) is 11.6 Å². The van der Waals surface area contributed by atoms with Crippen molar-refractivity contribution < 1.29 is 4.79 Å². The van der Waals surface area contributed by atoms with Crippen molar-refractivity contribution in [1.29, 1.82) is 0 Å². The van der Waals surface area contributed by atoms with Gasteiger partial charge in [-0.2, -0.15) is 0 Å². The summed E-state index contributed by atoms with van der Waals surface area (Å²) in [6.07, 6.45) is 1.67. The lowest BCUT2D eigenvalue weighted by Gasteiger charge is -2.22. The standard InChI is InChI=1S/C16H21N3OS/c1-11(2)15(14-6-5-9-21-14)18-12-7-8-17-13(10-12)16(20)19(3)4/h5-11,15H,1-4H3,(H,17,18). The first-order valence-corrected chi connectivity index (χ1v) is 7.84. The first-order chi connectivity index (χ1) is 9.99. The molecule has 2 rings (SSSR count). The molecule has 1 atom stereocenters. The summed E-state index contributed by atoms with van der Waals surface area (Å²) >= 11 is 1.74. The van der Waals surface area contributed by atoms with E-state index >= 15 is 0 Å². The van der Waals surface area contributed by atoms with Gasteiger partial charge in [0.15, 0.2) is 0 Å². The van der Waals surface area contributed by atoms with Gasteiger partial charge in [0, 0.05) is 30.9 Å². The van der Waals surface area contributed by atoms with Gasteiger partial charge < -0.3 is 10.2 Å². The van der Waals surface area contributed by atoms with E-state index in [2.05, 4.69) is 41.7 Å². The van der Waals surface area contributed by atoms with Gasteiger partial charge in [0.05, 0.1) is 6.04 Å². The van der Waals surface area contributed by atoms with Crippen LogP contribution in [0.3, 0.4) is 0 Å². The monoisotopic (exact) mass is 303 g/mol. The number of amides is 1. The summed E-state index contributed by atoms with van der Waals surface area (Å²) in [4.78, 5) is 19.0. The highest BCUT2D eigenvalue weighted by atomic mass is 32.1. The number of carbonyl (C=O) groups is 1. The molecule has 21 heavy (non-hydrogen) atoms. The molecule has 0 radical (unpaired) electrons. The third-order valence-corrected chi connectivity index (χ3v) is 4.18. The largest absolute Gasteiger partial charge is 0.377 e. The molecule has 0 fully saturated rings. The Kier molecular flexibility index (Phi) is 4.96. The third-order valence-electron chi connectivity index (χ3n) is 3.22. The second-order valence-electron chi connectivity index (χ2n) is 5.51. The van der Waals surface area contributed by atoms with Crippen molar-refractivity contribution >= 4 is 22.9 Å². The topological polar surface area (TPSA) is 45.2 Å². The zero-order chi connectivity index (χ0) is 15.4. The first-order valence-electron chi connectivity index (χ1n) is 6.96. The Morgan fingerprint density at radius 2 is 2.10 bits per heavy atom. The Morgan fingerprint density at radius 1 is 1.33 bits per heavy atom. The molecule has 0 aromatic carbocycles. The number of rotatable bonds is 5. The molecule has 1 N–H and O–H groups in total. The highest BCUT2D eigenvalue weighted by Crippen LogP contribution is 2.29. The van der Waals surface area contributed by atoms with Gasteiger partial charge in [-0.1, -0.05) is 19.9 Å². The number of nitrogens with one attached hydrogen (secondary N) is 1. The minimum atomic E-state index is -0.0872. The maximum atomic E-state index is 12.0. The number of aromatic nitrogens is 1. The highest BCUT2D eigenvalue weighted by Gasteiger charge is 2.17. The van der Waals surface area contributed by atoms with Crippen molar-refractivity contribution in [3.63, 3.8) is 0 Å². The summed E-state index contributed by atoms with van der Waals surface area (Å²) in [5, 5.41) is 5.60. The molecule has 0 saturated carbocycles. The third kappa shape index (κ3) is 3.82. The van der Waals surface area contributed by atoms with Gasteiger partial charge in [0.2, 0.25) is 0 Å². The van der Waals surface area contributed by atoms with Crippen LogP contribution in [0, 0.1) is 5.92 Å². The summed E-state index contributed by atoms with van der Waals surface area (Å²) in [5.74, 6) is 0.362. The van der Waals surface area contributed by atoms with Crippen molar-refractivity contribution in [2.45, 2.75) is 19.9 Å². The van der Waals surface area contributed by atoms with Crippen molar-refractivity contribution in [2.24, 2.45) is 5.92 Å². The van der Waals surface area contributed by atoms with E-state index in [4.69, 9.17) is 0 Å². The maximum Gasteiger partial charge on any atom is 0.272 e. The fourth-order valence-corrected chi connectivity index (χ4v) is 3.03. The van der Waals surface area contributed by atoms with Gasteiger partial charge in [-0.3, -0.25) is 9.78 Å². The molecule has 2 aromatic rings. The van der Waals surface area contributed by atoms with Gasteiger partial charge in [0.1, 0.15) is 5.69 Å². The molecule has 112 valence electrons. The average Bonchev–Trinajstić information content (AvgIpc) is 2.97. The van der Waals surface area contributed by atoms with Crippen LogP contribution in [-0.4, -0.2) is 29.9 Å². The van der Waals surface area contributed by atoms with Crippen LogP contribution in [0.15, 0.2) is 35.8 Å². The minimum Gasteiger partial charge on any atom is -0.377 e. The zero-order valence-corrected chi connectivity index (χ0v) is 13.6. The van der Waals surface area contributed by atoms with Crippen LogP contribution in [0.2, 0.25) is 0 Å². The molecule has 0 bridgehead atoms. The van der Waals surface area contributed by atoms with Crippen LogP contribution in [0.5, 0.6) is 0 Å². The molecule has 0 aliphatic rings. The molecule has 1 amide bonds. The lowest BCUT2D eigenvalue weighted by Crippen LogP contribution is -2.23. The predicted octanol–water partition coefficient (Wildman–Crippen LogP) is 3.65. The SMILES string of the molecule is CC(C)C(Nc1ccnc(C(=O)N(C)C)c1)c1cccs1. The van der Waals surface area contributed by atoms with Gasteiger partial charge in [0.25, 0.3) is 5.91 Å². The Bertz CT molecular complexity index is 593. The molecule has 0 saturated heterocycles. The molecule has 2 heterocycles. The predicted molar refractivity (Wildman–Crippen MR) is 87.8 cm³/mol. The Labute approximate surface area is 129 Å². The van der Waals surface area contributed by atoms with E-state index in [-0.39, 0.29) is 11.9 Å². The summed E-state index contributed by atoms with van der Waals surface area (Å²) in [6, 6.07) is 8.13. The molecule has 0 aliphatic carbocycles. The number of hydrogen-bond donors (Lipinski definition) is 1. The molecule has 0 aliphatic heterocycles. The molecule has 0 spiro atoms. The van der Waals surface area contributed by atoms with E-state index in [1.807, 2.05) is 12.1 Å². The average molecular weight is 303 g/mol. The van der Waals surface area contributed by atoms with E-state index in [9.17, 15) is 4.79 Å². The van der Waals surface area contributed by atoms with Gasteiger partial charge in [-0.05, 0) is 29.5 Å². The Hall–Kier alpha value is -1.88. The number of hydrogen-bond acceptors (Lipinski definition) is 4. The Balaban J connectivity index is 2.22. The zero-order valence-electron chi connectivity index (χ0n) is 12.8. The van der Waals surface area contributed by atoms with Crippen LogP contribution >= 0.6 is 11.3 Å². The summed E-state index contributed by atoms with van der Waals surface area (Å²) in [5.41, 5.74) is 1.38. The maximum absolute atomic E-state index is 12.0. The number of carbonyl (C=O) groups excluding carboxylic acids is 1. The molecular formula is C16H21N3OS. The summed E-state index contributed by atoms with van der Waals surface area (Å²) in [6.45, 7) is 4.37. The van der Waals surface area contributed by atoms with Crippen LogP contribution in [0.4, 0.5) is 5.69 Å². The first kappa shape index (κ1) is 15.5. The van der Waals surface area contributed by atoms with Crippen molar-refractivity contribution in [2.75, 3.05) is 19.4 Å². The molecule has 5 heteroatoms. The quantitative estimate of drug-likeness (QED) is 0.917. The van der Waals surface area contributed by atoms with Crippen LogP contribution in [-0.2, 0) is 0 Å². The number of thiophene rings is 1. The van der Waals surface area contributed by atoms with E-state index in [1.165, 1.54) is 9.78 Å².